The van der Waals surface area contributed by atoms with Crippen LogP contribution in [0.4, 0.5) is 5.69 Å². The highest BCUT2D eigenvalue weighted by molar-refractivity contribution is 5.92. The summed E-state index contributed by atoms with van der Waals surface area (Å²) in [5, 5.41) is 2.94. The van der Waals surface area contributed by atoms with E-state index >= 15 is 0 Å². The van der Waals surface area contributed by atoms with Crippen LogP contribution in [0.25, 0.3) is 0 Å². The van der Waals surface area contributed by atoms with Crippen LogP contribution in [0.3, 0.4) is 0 Å². The molecular formula is C27H30N2O3. The van der Waals surface area contributed by atoms with Crippen molar-refractivity contribution in [3.63, 3.8) is 0 Å². The normalized spacial score (nSPS) is 10.5. The van der Waals surface area contributed by atoms with Crippen LogP contribution in [0.2, 0.25) is 0 Å². The van der Waals surface area contributed by atoms with Gasteiger partial charge in [-0.25, -0.2) is 0 Å². The lowest BCUT2D eigenvalue weighted by atomic mass is 10.1. The number of carbonyl (C=O) groups excluding carboxylic acids is 2. The summed E-state index contributed by atoms with van der Waals surface area (Å²) < 4.78 is 5.89. The number of anilines is 1. The largest absolute Gasteiger partial charge is 0.489 e. The highest BCUT2D eigenvalue weighted by Gasteiger charge is 2.13. The molecular weight excluding hydrogens is 400 g/mol. The predicted molar refractivity (Wildman–Crippen MR) is 127 cm³/mol. The van der Waals surface area contributed by atoms with Crippen LogP contribution < -0.4 is 10.1 Å². The number of nitrogens with zero attached hydrogens (tertiary/aromatic N) is 1. The number of hydrogen-bond acceptors (Lipinski definition) is 3. The van der Waals surface area contributed by atoms with Gasteiger partial charge in [0.15, 0.2) is 0 Å². The Hall–Kier alpha value is -3.60. The van der Waals surface area contributed by atoms with Crippen molar-refractivity contribution in [1.82, 2.24) is 4.90 Å². The SMILES string of the molecule is CC(=O)N(CCC(=O)Nc1ccc(OCc2cccc(C)c2)cc1C)Cc1ccccc1. The van der Waals surface area contributed by atoms with Gasteiger partial charge in [0.25, 0.3) is 0 Å². The van der Waals surface area contributed by atoms with Gasteiger partial charge in [0.05, 0.1) is 0 Å². The second-order valence-corrected chi connectivity index (χ2v) is 7.98. The molecule has 32 heavy (non-hydrogen) atoms. The quantitative estimate of drug-likeness (QED) is 0.504. The number of nitrogens with one attached hydrogen (secondary N) is 1. The van der Waals surface area contributed by atoms with E-state index < -0.39 is 0 Å². The Bertz CT molecular complexity index is 1060. The molecule has 3 aromatic carbocycles. The molecule has 0 spiro atoms. The summed E-state index contributed by atoms with van der Waals surface area (Å²) in [5.41, 5.74) is 5.03. The third kappa shape index (κ3) is 6.98. The minimum absolute atomic E-state index is 0.0482. The van der Waals surface area contributed by atoms with Crippen LogP contribution in [0, 0.1) is 13.8 Å². The van der Waals surface area contributed by atoms with E-state index in [0.717, 1.165) is 28.1 Å². The summed E-state index contributed by atoms with van der Waals surface area (Å²) in [6, 6.07) is 23.6. The molecule has 2 amide bonds. The molecule has 0 saturated carbocycles. The van der Waals surface area contributed by atoms with Gasteiger partial charge in [-0.3, -0.25) is 9.59 Å². The Labute approximate surface area is 190 Å². The van der Waals surface area contributed by atoms with E-state index in [9.17, 15) is 9.59 Å². The fraction of sp³-hybridized carbons (Fsp3) is 0.259. The van der Waals surface area contributed by atoms with Crippen LogP contribution in [-0.4, -0.2) is 23.3 Å². The second kappa shape index (κ2) is 11.1. The molecule has 166 valence electrons. The molecule has 5 nitrogen and oxygen atoms in total. The predicted octanol–water partition coefficient (Wildman–Crippen LogP) is 5.26. The number of ether oxygens (including phenoxy) is 1. The van der Waals surface area contributed by atoms with Crippen LogP contribution in [-0.2, 0) is 22.7 Å². The van der Waals surface area contributed by atoms with Gasteiger partial charge in [-0.1, -0.05) is 60.2 Å². The molecule has 5 heteroatoms. The smallest absolute Gasteiger partial charge is 0.226 e. The summed E-state index contributed by atoms with van der Waals surface area (Å²) in [4.78, 5) is 26.1. The molecule has 0 saturated heterocycles. The molecule has 0 heterocycles. The minimum Gasteiger partial charge on any atom is -0.489 e. The van der Waals surface area contributed by atoms with E-state index in [1.54, 1.807) is 4.90 Å². The number of carbonyl (C=O) groups is 2. The lowest BCUT2D eigenvalue weighted by Gasteiger charge is -2.21. The van der Waals surface area contributed by atoms with Crippen molar-refractivity contribution in [1.29, 1.82) is 0 Å². The molecule has 0 aliphatic rings. The summed E-state index contributed by atoms with van der Waals surface area (Å²) in [5.74, 6) is 0.585. The Morgan fingerprint density at radius 3 is 2.34 bits per heavy atom. The van der Waals surface area contributed by atoms with Gasteiger partial charge in [-0.15, -0.1) is 0 Å². The zero-order chi connectivity index (χ0) is 22.9. The zero-order valence-electron chi connectivity index (χ0n) is 18.9. The Kier molecular flexibility index (Phi) is 8.03. The van der Waals surface area contributed by atoms with Crippen molar-refractivity contribution in [2.75, 3.05) is 11.9 Å². The fourth-order valence-electron chi connectivity index (χ4n) is 3.44. The van der Waals surface area contributed by atoms with Gasteiger partial charge < -0.3 is 15.0 Å². The lowest BCUT2D eigenvalue weighted by Crippen LogP contribution is -2.31. The third-order valence-electron chi connectivity index (χ3n) is 5.23. The van der Waals surface area contributed by atoms with E-state index in [1.807, 2.05) is 67.6 Å². The van der Waals surface area contributed by atoms with Gasteiger partial charge >= 0.3 is 0 Å². The average Bonchev–Trinajstić information content (AvgIpc) is 2.77. The third-order valence-corrected chi connectivity index (χ3v) is 5.23. The second-order valence-electron chi connectivity index (χ2n) is 7.98. The van der Waals surface area contributed by atoms with E-state index in [4.69, 9.17) is 4.74 Å². The Morgan fingerprint density at radius 1 is 0.906 bits per heavy atom. The highest BCUT2D eigenvalue weighted by Crippen LogP contribution is 2.22. The van der Waals surface area contributed by atoms with Crippen LogP contribution in [0.1, 0.15) is 35.6 Å². The first-order valence-corrected chi connectivity index (χ1v) is 10.8. The topological polar surface area (TPSA) is 58.6 Å². The molecule has 3 rings (SSSR count). The molecule has 1 N–H and O–H groups in total. The first-order valence-electron chi connectivity index (χ1n) is 10.8. The molecule has 0 aliphatic carbocycles. The first kappa shape index (κ1) is 23.1. The van der Waals surface area contributed by atoms with E-state index in [-0.39, 0.29) is 18.2 Å². The van der Waals surface area contributed by atoms with E-state index in [2.05, 4.69) is 24.4 Å². The monoisotopic (exact) mass is 430 g/mol. The molecule has 0 unspecified atom stereocenters. The van der Waals surface area contributed by atoms with Crippen molar-refractivity contribution >= 4 is 17.5 Å². The maximum atomic E-state index is 12.5. The van der Waals surface area contributed by atoms with Crippen molar-refractivity contribution in [2.45, 2.75) is 40.3 Å². The Morgan fingerprint density at radius 2 is 1.66 bits per heavy atom. The summed E-state index contributed by atoms with van der Waals surface area (Å²) >= 11 is 0. The van der Waals surface area contributed by atoms with Crippen LogP contribution >= 0.6 is 0 Å². The summed E-state index contributed by atoms with van der Waals surface area (Å²) in [6.07, 6.45) is 0.234. The zero-order valence-corrected chi connectivity index (χ0v) is 18.9. The average molecular weight is 431 g/mol. The molecule has 3 aromatic rings. The maximum Gasteiger partial charge on any atom is 0.226 e. The van der Waals surface area contributed by atoms with Gasteiger partial charge in [0, 0.05) is 32.1 Å². The van der Waals surface area contributed by atoms with Crippen molar-refractivity contribution < 1.29 is 14.3 Å². The molecule has 0 fully saturated rings. The van der Waals surface area contributed by atoms with Gasteiger partial charge in [-0.05, 0) is 48.7 Å². The van der Waals surface area contributed by atoms with Crippen molar-refractivity contribution in [3.8, 4) is 5.75 Å². The minimum atomic E-state index is -0.124. The fourth-order valence-corrected chi connectivity index (χ4v) is 3.44. The number of benzene rings is 3. The van der Waals surface area contributed by atoms with Gasteiger partial charge in [-0.2, -0.15) is 0 Å². The van der Waals surface area contributed by atoms with Gasteiger partial charge in [0.2, 0.25) is 11.8 Å². The van der Waals surface area contributed by atoms with E-state index in [1.165, 1.54) is 12.5 Å². The highest BCUT2D eigenvalue weighted by atomic mass is 16.5. The van der Waals surface area contributed by atoms with Crippen molar-refractivity contribution in [3.05, 3.63) is 95.1 Å². The summed E-state index contributed by atoms with van der Waals surface area (Å²) in [7, 11) is 0. The molecule has 0 aliphatic heterocycles. The van der Waals surface area contributed by atoms with Gasteiger partial charge in [0.1, 0.15) is 12.4 Å². The van der Waals surface area contributed by atoms with Crippen molar-refractivity contribution in [2.24, 2.45) is 0 Å². The molecule has 0 atom stereocenters. The van der Waals surface area contributed by atoms with Crippen LogP contribution in [0.5, 0.6) is 5.75 Å². The molecule has 0 bridgehead atoms. The molecule has 0 radical (unpaired) electrons. The maximum absolute atomic E-state index is 12.5. The standard InChI is InChI=1S/C27H30N2O3/c1-20-8-7-11-24(16-20)19-32-25-12-13-26(21(2)17-25)28-27(31)14-15-29(22(3)30)18-23-9-5-4-6-10-23/h4-13,16-17H,14-15,18-19H2,1-3H3,(H,28,31). The number of aryl methyl sites for hydroxylation is 2. The number of hydrogen-bond donors (Lipinski definition) is 1. The van der Waals surface area contributed by atoms with E-state index in [0.29, 0.717) is 19.7 Å². The number of amides is 2. The van der Waals surface area contributed by atoms with Crippen LogP contribution in [0.15, 0.2) is 72.8 Å². The Balaban J connectivity index is 1.52. The lowest BCUT2D eigenvalue weighted by molar-refractivity contribution is -0.129. The number of rotatable bonds is 9. The molecule has 0 aromatic heterocycles. The first-order chi connectivity index (χ1) is 15.4. The summed E-state index contributed by atoms with van der Waals surface area (Å²) in [6.45, 7) is 6.88.